The molecule has 0 aliphatic heterocycles. The number of thiophene rings is 1. The average Bonchev–Trinajstić information content (AvgIpc) is 3.33. The van der Waals surface area contributed by atoms with E-state index in [2.05, 4.69) is 20.8 Å². The Kier molecular flexibility index (Phi) is 6.00. The van der Waals surface area contributed by atoms with Gasteiger partial charge in [-0.3, -0.25) is 35.3 Å². The van der Waals surface area contributed by atoms with Crippen LogP contribution in [-0.2, 0) is 23.4 Å². The van der Waals surface area contributed by atoms with Gasteiger partial charge in [-0.1, -0.05) is 6.07 Å². The molecule has 3 aromatic rings. The zero-order chi connectivity index (χ0) is 22.0. The number of fused-ring (bicyclic) bond motifs is 3. The third-order valence-corrected chi connectivity index (χ3v) is 6.86. The largest absolute Gasteiger partial charge is 0.309 e. The van der Waals surface area contributed by atoms with Crippen molar-refractivity contribution in [1.29, 1.82) is 0 Å². The molecule has 0 atom stereocenters. The lowest BCUT2D eigenvalue weighted by Crippen LogP contribution is -2.42. The van der Waals surface area contributed by atoms with Crippen LogP contribution in [0.4, 0.5) is 5.69 Å². The minimum Gasteiger partial charge on any atom is -0.309 e. The van der Waals surface area contributed by atoms with E-state index in [1.165, 1.54) is 34.8 Å². The number of rotatable bonds is 6. The molecule has 1 aromatic carbocycles. The maximum atomic E-state index is 12.4. The van der Waals surface area contributed by atoms with E-state index in [4.69, 9.17) is 0 Å². The maximum Gasteiger partial charge on any atom is 0.270 e. The van der Waals surface area contributed by atoms with Gasteiger partial charge >= 0.3 is 0 Å². The molecule has 0 saturated carbocycles. The molecule has 0 unspecified atom stereocenters. The monoisotopic (exact) mass is 459 g/mol. The van der Waals surface area contributed by atoms with E-state index in [1.54, 1.807) is 11.3 Å². The summed E-state index contributed by atoms with van der Waals surface area (Å²) in [6, 6.07) is 5.18. The molecular formula is C19H17N5O5S2. The second kappa shape index (κ2) is 8.86. The molecule has 31 heavy (non-hydrogen) atoms. The SMILES string of the molecule is O=C(CSCc1nc2sc3c(c2c(=O)[nH]1)CCC3)NNC(=O)c1cccc([N+](=O)[O-])c1. The van der Waals surface area contributed by atoms with Crippen molar-refractivity contribution >= 4 is 50.8 Å². The minimum absolute atomic E-state index is 0.0257. The van der Waals surface area contributed by atoms with E-state index >= 15 is 0 Å². The minimum atomic E-state index is -0.663. The van der Waals surface area contributed by atoms with E-state index in [-0.39, 0.29) is 22.6 Å². The summed E-state index contributed by atoms with van der Waals surface area (Å²) in [6.45, 7) is 0. The first-order valence-electron chi connectivity index (χ1n) is 9.37. The summed E-state index contributed by atoms with van der Waals surface area (Å²) in [4.78, 5) is 55.9. The number of carbonyl (C=O) groups excluding carboxylic acids is 2. The molecular weight excluding hydrogens is 442 g/mol. The molecule has 160 valence electrons. The topological polar surface area (TPSA) is 147 Å². The first-order valence-corrected chi connectivity index (χ1v) is 11.3. The Morgan fingerprint density at radius 2 is 2.13 bits per heavy atom. The Morgan fingerprint density at radius 1 is 1.29 bits per heavy atom. The second-order valence-corrected chi connectivity index (χ2v) is 8.92. The maximum absolute atomic E-state index is 12.4. The van der Waals surface area contributed by atoms with Crippen LogP contribution in [0.3, 0.4) is 0 Å². The Hall–Kier alpha value is -3.25. The smallest absolute Gasteiger partial charge is 0.270 e. The lowest BCUT2D eigenvalue weighted by Gasteiger charge is -2.07. The second-order valence-electron chi connectivity index (χ2n) is 6.85. The summed E-state index contributed by atoms with van der Waals surface area (Å²) >= 11 is 2.79. The predicted molar refractivity (Wildman–Crippen MR) is 117 cm³/mol. The van der Waals surface area contributed by atoms with Crippen molar-refractivity contribution in [2.24, 2.45) is 0 Å². The van der Waals surface area contributed by atoms with Crippen LogP contribution in [0.15, 0.2) is 29.1 Å². The number of nitrogens with zero attached hydrogens (tertiary/aromatic N) is 2. The van der Waals surface area contributed by atoms with Crippen molar-refractivity contribution < 1.29 is 14.5 Å². The van der Waals surface area contributed by atoms with Gasteiger partial charge in [-0.2, -0.15) is 0 Å². The first kappa shape index (κ1) is 21.0. The summed E-state index contributed by atoms with van der Waals surface area (Å²) in [6.07, 6.45) is 2.97. The molecule has 4 rings (SSSR count). The van der Waals surface area contributed by atoms with Crippen molar-refractivity contribution in [2.75, 3.05) is 5.75 Å². The molecule has 10 nitrogen and oxygen atoms in total. The van der Waals surface area contributed by atoms with Gasteiger partial charge in [0.05, 0.1) is 21.8 Å². The summed E-state index contributed by atoms with van der Waals surface area (Å²) in [7, 11) is 0. The molecule has 1 aliphatic carbocycles. The number of aromatic nitrogens is 2. The van der Waals surface area contributed by atoms with Gasteiger partial charge in [0.15, 0.2) is 0 Å². The van der Waals surface area contributed by atoms with Gasteiger partial charge in [0.25, 0.3) is 17.2 Å². The Labute approximate surface area is 183 Å². The number of nitrogens with one attached hydrogen (secondary N) is 3. The molecule has 12 heteroatoms. The number of amides is 2. The normalized spacial score (nSPS) is 12.5. The molecule has 0 fully saturated rings. The third-order valence-electron chi connectivity index (χ3n) is 4.73. The molecule has 2 heterocycles. The van der Waals surface area contributed by atoms with Gasteiger partial charge in [-0.05, 0) is 30.9 Å². The molecule has 1 aliphatic rings. The van der Waals surface area contributed by atoms with Crippen molar-refractivity contribution in [2.45, 2.75) is 25.0 Å². The van der Waals surface area contributed by atoms with Crippen molar-refractivity contribution in [1.82, 2.24) is 20.8 Å². The third kappa shape index (κ3) is 4.59. The van der Waals surface area contributed by atoms with Gasteiger partial charge in [-0.25, -0.2) is 4.98 Å². The number of non-ortho nitro benzene ring substituents is 1. The summed E-state index contributed by atoms with van der Waals surface area (Å²) in [5.74, 6) is -0.264. The highest BCUT2D eigenvalue weighted by atomic mass is 32.2. The average molecular weight is 460 g/mol. The predicted octanol–water partition coefficient (Wildman–Crippen LogP) is 2.08. The van der Waals surface area contributed by atoms with Gasteiger partial charge in [0.2, 0.25) is 5.91 Å². The fourth-order valence-electron chi connectivity index (χ4n) is 3.35. The summed E-state index contributed by atoms with van der Waals surface area (Å²) in [5, 5.41) is 11.5. The highest BCUT2D eigenvalue weighted by molar-refractivity contribution is 7.99. The number of aryl methyl sites for hydroxylation is 2. The van der Waals surface area contributed by atoms with Crippen LogP contribution in [0.5, 0.6) is 0 Å². The number of thioether (sulfide) groups is 1. The highest BCUT2D eigenvalue weighted by Crippen LogP contribution is 2.34. The van der Waals surface area contributed by atoms with Crippen molar-refractivity contribution in [3.8, 4) is 0 Å². The lowest BCUT2D eigenvalue weighted by molar-refractivity contribution is -0.384. The number of H-pyrrole nitrogens is 1. The summed E-state index contributed by atoms with van der Waals surface area (Å²) < 4.78 is 0. The van der Waals surface area contributed by atoms with Crippen LogP contribution in [0.2, 0.25) is 0 Å². The number of aromatic amines is 1. The number of nitro groups is 1. The molecule has 0 bridgehead atoms. The van der Waals surface area contributed by atoms with E-state index < -0.39 is 16.7 Å². The molecule has 0 radical (unpaired) electrons. The zero-order valence-corrected chi connectivity index (χ0v) is 17.7. The molecule has 0 saturated heterocycles. The van der Waals surface area contributed by atoms with Crippen LogP contribution in [0, 0.1) is 10.1 Å². The summed E-state index contributed by atoms with van der Waals surface area (Å²) in [5.41, 5.74) is 5.30. The first-order chi connectivity index (χ1) is 14.9. The molecule has 2 aromatic heterocycles. The van der Waals surface area contributed by atoms with Crippen LogP contribution < -0.4 is 16.4 Å². The number of hydrazine groups is 1. The van der Waals surface area contributed by atoms with E-state index in [9.17, 15) is 24.5 Å². The van der Waals surface area contributed by atoms with Gasteiger partial charge in [0.1, 0.15) is 10.7 Å². The Morgan fingerprint density at radius 3 is 2.94 bits per heavy atom. The fourth-order valence-corrected chi connectivity index (χ4v) is 5.32. The number of nitro benzene ring substituents is 1. The van der Waals surface area contributed by atoms with E-state index in [0.29, 0.717) is 17.0 Å². The van der Waals surface area contributed by atoms with Gasteiger partial charge in [-0.15, -0.1) is 23.1 Å². The van der Waals surface area contributed by atoms with Gasteiger partial charge < -0.3 is 4.98 Å². The Balaban J connectivity index is 1.29. The van der Waals surface area contributed by atoms with Crippen molar-refractivity contribution in [3.63, 3.8) is 0 Å². The van der Waals surface area contributed by atoms with Crippen LogP contribution in [0.25, 0.3) is 10.2 Å². The number of hydrogen-bond acceptors (Lipinski definition) is 8. The lowest BCUT2D eigenvalue weighted by atomic mass is 10.2. The standard InChI is InChI=1S/C19H17N5O5S2/c25-15(22-23-17(26)10-3-1-4-11(7-10)24(28)29)9-30-8-14-20-18(27)16-12-5-2-6-13(12)31-19(16)21-14/h1,3-4,7H,2,5-6,8-9H2,(H,22,25)(H,23,26)(H,20,21,27). The van der Waals surface area contributed by atoms with Crippen LogP contribution in [-0.4, -0.2) is 32.5 Å². The number of carbonyl (C=O) groups is 2. The quantitative estimate of drug-likeness (QED) is 0.378. The fraction of sp³-hybridized carbons (Fsp3) is 0.263. The molecule has 0 spiro atoms. The number of hydrogen-bond donors (Lipinski definition) is 3. The highest BCUT2D eigenvalue weighted by Gasteiger charge is 2.21. The number of benzene rings is 1. The van der Waals surface area contributed by atoms with Gasteiger partial charge in [0, 0.05) is 22.6 Å². The Bertz CT molecular complexity index is 1250. The zero-order valence-electron chi connectivity index (χ0n) is 16.1. The van der Waals surface area contributed by atoms with Crippen LogP contribution in [0.1, 0.15) is 33.0 Å². The van der Waals surface area contributed by atoms with Crippen molar-refractivity contribution in [3.05, 3.63) is 66.6 Å². The van der Waals surface area contributed by atoms with E-state index in [0.717, 1.165) is 35.7 Å². The van der Waals surface area contributed by atoms with Crippen LogP contribution >= 0.6 is 23.1 Å². The van der Waals surface area contributed by atoms with E-state index in [1.807, 2.05) is 0 Å². The molecule has 3 N–H and O–H groups in total. The molecule has 2 amide bonds.